The Labute approximate surface area is 162 Å². The standard InChI is InChI=1S/C23H20N2OS/c26-21(15-17-9-6-14-27-17)25-13-12-19-18-10-4-5-11-20(18)24-22(19)23(25)16-7-2-1-3-8-16/h1-11,14,23-24H,12-13,15H2/t23-/m1/s1. The van der Waals surface area contributed by atoms with Gasteiger partial charge in [0.05, 0.1) is 12.5 Å². The zero-order valence-electron chi connectivity index (χ0n) is 14.9. The van der Waals surface area contributed by atoms with E-state index in [1.807, 2.05) is 40.6 Å². The number of thiophene rings is 1. The van der Waals surface area contributed by atoms with Crippen LogP contribution in [0.25, 0.3) is 10.9 Å². The molecule has 0 bridgehead atoms. The maximum Gasteiger partial charge on any atom is 0.228 e. The van der Waals surface area contributed by atoms with E-state index in [9.17, 15) is 4.79 Å². The first-order valence-electron chi connectivity index (χ1n) is 9.27. The van der Waals surface area contributed by atoms with Gasteiger partial charge in [0.2, 0.25) is 5.91 Å². The molecule has 2 aromatic carbocycles. The van der Waals surface area contributed by atoms with E-state index in [0.29, 0.717) is 6.42 Å². The molecule has 4 heteroatoms. The number of hydrogen-bond donors (Lipinski definition) is 1. The summed E-state index contributed by atoms with van der Waals surface area (Å²) >= 11 is 1.65. The van der Waals surface area contributed by atoms with Gasteiger partial charge in [0.25, 0.3) is 0 Å². The van der Waals surface area contributed by atoms with Crippen molar-refractivity contribution in [2.24, 2.45) is 0 Å². The maximum absolute atomic E-state index is 13.2. The van der Waals surface area contributed by atoms with Crippen LogP contribution in [-0.2, 0) is 17.6 Å². The fourth-order valence-corrected chi connectivity index (χ4v) is 4.85. The van der Waals surface area contributed by atoms with Gasteiger partial charge in [0.1, 0.15) is 0 Å². The van der Waals surface area contributed by atoms with E-state index in [0.717, 1.165) is 34.6 Å². The summed E-state index contributed by atoms with van der Waals surface area (Å²) in [4.78, 5) is 20.0. The van der Waals surface area contributed by atoms with Gasteiger partial charge >= 0.3 is 0 Å². The Morgan fingerprint density at radius 1 is 1.04 bits per heavy atom. The normalized spacial score (nSPS) is 16.4. The molecule has 2 aromatic heterocycles. The number of nitrogens with zero attached hydrogens (tertiary/aromatic N) is 1. The number of carbonyl (C=O) groups excluding carboxylic acids is 1. The second kappa shape index (κ2) is 6.71. The summed E-state index contributed by atoms with van der Waals surface area (Å²) in [6.45, 7) is 0.749. The number of H-pyrrole nitrogens is 1. The lowest BCUT2D eigenvalue weighted by Crippen LogP contribution is -2.41. The average Bonchev–Trinajstić information content (AvgIpc) is 3.35. The second-order valence-electron chi connectivity index (χ2n) is 6.97. The molecule has 1 amide bonds. The molecule has 0 aliphatic carbocycles. The van der Waals surface area contributed by atoms with Gasteiger partial charge in [0, 0.05) is 28.0 Å². The van der Waals surface area contributed by atoms with Crippen molar-refractivity contribution in [2.75, 3.05) is 6.54 Å². The number of nitrogens with one attached hydrogen (secondary N) is 1. The predicted octanol–water partition coefficient (Wildman–Crippen LogP) is 4.95. The van der Waals surface area contributed by atoms with Crippen molar-refractivity contribution >= 4 is 28.1 Å². The van der Waals surface area contributed by atoms with Crippen LogP contribution in [0.3, 0.4) is 0 Å². The predicted molar refractivity (Wildman–Crippen MR) is 110 cm³/mol. The van der Waals surface area contributed by atoms with Crippen molar-refractivity contribution in [3.63, 3.8) is 0 Å². The summed E-state index contributed by atoms with van der Waals surface area (Å²) in [5.74, 6) is 0.190. The molecule has 0 spiro atoms. The number of hydrogen-bond acceptors (Lipinski definition) is 2. The number of aromatic amines is 1. The van der Waals surface area contributed by atoms with Crippen LogP contribution in [0.15, 0.2) is 72.1 Å². The number of fused-ring (bicyclic) bond motifs is 3. The van der Waals surface area contributed by atoms with Crippen molar-refractivity contribution in [2.45, 2.75) is 18.9 Å². The molecule has 0 fully saturated rings. The molecular formula is C23H20N2OS. The third-order valence-electron chi connectivity index (χ3n) is 5.38. The summed E-state index contributed by atoms with van der Waals surface area (Å²) in [5, 5.41) is 3.31. The minimum Gasteiger partial charge on any atom is -0.356 e. The largest absolute Gasteiger partial charge is 0.356 e. The Kier molecular flexibility index (Phi) is 4.06. The molecule has 1 aliphatic heterocycles. The van der Waals surface area contributed by atoms with Gasteiger partial charge in [-0.3, -0.25) is 4.79 Å². The minimum atomic E-state index is -0.0604. The van der Waals surface area contributed by atoms with Crippen molar-refractivity contribution in [3.05, 3.63) is 93.8 Å². The first-order valence-corrected chi connectivity index (χ1v) is 10.2. The number of aromatic nitrogens is 1. The maximum atomic E-state index is 13.2. The van der Waals surface area contributed by atoms with Crippen LogP contribution in [-0.4, -0.2) is 22.3 Å². The molecule has 1 aliphatic rings. The highest BCUT2D eigenvalue weighted by atomic mass is 32.1. The van der Waals surface area contributed by atoms with Gasteiger partial charge < -0.3 is 9.88 Å². The smallest absolute Gasteiger partial charge is 0.228 e. The first kappa shape index (κ1) is 16.3. The van der Waals surface area contributed by atoms with Gasteiger partial charge in [0.15, 0.2) is 0 Å². The fourth-order valence-electron chi connectivity index (χ4n) is 4.16. The van der Waals surface area contributed by atoms with E-state index in [4.69, 9.17) is 0 Å². The van der Waals surface area contributed by atoms with Crippen molar-refractivity contribution in [1.82, 2.24) is 9.88 Å². The quantitative estimate of drug-likeness (QED) is 0.543. The third-order valence-corrected chi connectivity index (χ3v) is 6.25. The minimum absolute atomic E-state index is 0.0604. The van der Waals surface area contributed by atoms with Crippen LogP contribution in [0.1, 0.15) is 27.7 Å². The van der Waals surface area contributed by atoms with E-state index in [1.54, 1.807) is 11.3 Å². The molecule has 134 valence electrons. The molecule has 5 rings (SSSR count). The average molecular weight is 372 g/mol. The molecule has 27 heavy (non-hydrogen) atoms. The SMILES string of the molecule is O=C(Cc1cccs1)N1CCc2c([nH]c3ccccc23)[C@H]1c1ccccc1. The Balaban J connectivity index is 1.60. The molecule has 1 atom stereocenters. The molecule has 1 N–H and O–H groups in total. The Morgan fingerprint density at radius 2 is 1.85 bits per heavy atom. The van der Waals surface area contributed by atoms with Crippen LogP contribution < -0.4 is 0 Å². The van der Waals surface area contributed by atoms with Gasteiger partial charge in [-0.15, -0.1) is 11.3 Å². The van der Waals surface area contributed by atoms with E-state index < -0.39 is 0 Å². The highest BCUT2D eigenvalue weighted by Crippen LogP contribution is 2.38. The topological polar surface area (TPSA) is 36.1 Å². The van der Waals surface area contributed by atoms with Crippen molar-refractivity contribution in [1.29, 1.82) is 0 Å². The van der Waals surface area contributed by atoms with Crippen LogP contribution in [0.2, 0.25) is 0 Å². The highest BCUT2D eigenvalue weighted by Gasteiger charge is 2.34. The molecule has 3 heterocycles. The molecule has 0 unspecified atom stereocenters. The van der Waals surface area contributed by atoms with E-state index >= 15 is 0 Å². The van der Waals surface area contributed by atoms with Crippen LogP contribution in [0.5, 0.6) is 0 Å². The summed E-state index contributed by atoms with van der Waals surface area (Å²) in [6.07, 6.45) is 1.36. The Bertz CT molecular complexity index is 1080. The van der Waals surface area contributed by atoms with Crippen LogP contribution in [0.4, 0.5) is 0 Å². The lowest BCUT2D eigenvalue weighted by molar-refractivity contribution is -0.132. The lowest BCUT2D eigenvalue weighted by Gasteiger charge is -2.36. The number of amides is 1. The van der Waals surface area contributed by atoms with Gasteiger partial charge in [-0.2, -0.15) is 0 Å². The van der Waals surface area contributed by atoms with E-state index in [-0.39, 0.29) is 11.9 Å². The molecule has 3 nitrogen and oxygen atoms in total. The molecule has 4 aromatic rings. The summed E-state index contributed by atoms with van der Waals surface area (Å²) in [6, 6.07) is 22.8. The van der Waals surface area contributed by atoms with Gasteiger partial charge in [-0.1, -0.05) is 54.6 Å². The van der Waals surface area contributed by atoms with Crippen molar-refractivity contribution in [3.8, 4) is 0 Å². The van der Waals surface area contributed by atoms with Gasteiger partial charge in [-0.05, 0) is 35.1 Å². The van der Waals surface area contributed by atoms with Crippen LogP contribution >= 0.6 is 11.3 Å². The van der Waals surface area contributed by atoms with E-state index in [2.05, 4.69) is 41.4 Å². The number of para-hydroxylation sites is 1. The summed E-state index contributed by atoms with van der Waals surface area (Å²) in [7, 11) is 0. The van der Waals surface area contributed by atoms with Gasteiger partial charge in [-0.25, -0.2) is 0 Å². The summed E-state index contributed by atoms with van der Waals surface area (Å²) in [5.41, 5.74) is 4.81. The number of rotatable bonds is 3. The lowest BCUT2D eigenvalue weighted by atomic mass is 9.92. The fraction of sp³-hybridized carbons (Fsp3) is 0.174. The third kappa shape index (κ3) is 2.86. The first-order chi connectivity index (χ1) is 13.3. The summed E-state index contributed by atoms with van der Waals surface area (Å²) < 4.78 is 0. The molecule has 0 radical (unpaired) electrons. The molecule has 0 saturated heterocycles. The Morgan fingerprint density at radius 3 is 2.67 bits per heavy atom. The molecular weight excluding hydrogens is 352 g/mol. The molecule has 0 saturated carbocycles. The van der Waals surface area contributed by atoms with Crippen molar-refractivity contribution < 1.29 is 4.79 Å². The number of carbonyl (C=O) groups is 1. The van der Waals surface area contributed by atoms with Crippen LogP contribution in [0, 0.1) is 0 Å². The van der Waals surface area contributed by atoms with E-state index in [1.165, 1.54) is 10.9 Å². The zero-order chi connectivity index (χ0) is 18.2. The zero-order valence-corrected chi connectivity index (χ0v) is 15.7. The number of benzene rings is 2. The second-order valence-corrected chi connectivity index (χ2v) is 8.00. The Hall–Kier alpha value is -2.85. The monoisotopic (exact) mass is 372 g/mol. The highest BCUT2D eigenvalue weighted by molar-refractivity contribution is 7.10.